The second kappa shape index (κ2) is 9.81. The molecule has 0 aromatic rings. The zero-order chi connectivity index (χ0) is 15.7. The van der Waals surface area contributed by atoms with Gasteiger partial charge in [0.2, 0.25) is 0 Å². The molecule has 0 bridgehead atoms. The van der Waals surface area contributed by atoms with Crippen LogP contribution in [0.15, 0.2) is 0 Å². The van der Waals surface area contributed by atoms with Crippen molar-refractivity contribution in [3.05, 3.63) is 0 Å². The molecule has 0 aromatic carbocycles. The van der Waals surface area contributed by atoms with E-state index in [0.717, 1.165) is 25.9 Å². The minimum Gasteiger partial charge on any atom is -0.396 e. The van der Waals surface area contributed by atoms with E-state index in [1.807, 2.05) is 0 Å². The van der Waals surface area contributed by atoms with Gasteiger partial charge in [-0.1, -0.05) is 52.9 Å². The summed E-state index contributed by atoms with van der Waals surface area (Å²) in [6.45, 7) is 7.68. The number of hydrogen-bond acceptors (Lipinski definition) is 3. The summed E-state index contributed by atoms with van der Waals surface area (Å²) in [6.07, 6.45) is 10.1. The molecule has 1 saturated carbocycles. The van der Waals surface area contributed by atoms with Crippen LogP contribution in [0, 0.1) is 11.3 Å². The van der Waals surface area contributed by atoms with Gasteiger partial charge in [0, 0.05) is 19.6 Å². The van der Waals surface area contributed by atoms with Crippen LogP contribution in [0.3, 0.4) is 0 Å². The van der Waals surface area contributed by atoms with Gasteiger partial charge < -0.3 is 14.6 Å². The fourth-order valence-electron chi connectivity index (χ4n) is 3.68. The van der Waals surface area contributed by atoms with Gasteiger partial charge in [0.25, 0.3) is 0 Å². The second-order valence-corrected chi connectivity index (χ2v) is 7.21. The first-order chi connectivity index (χ1) is 10.1. The van der Waals surface area contributed by atoms with E-state index in [2.05, 4.69) is 20.8 Å². The van der Waals surface area contributed by atoms with Crippen molar-refractivity contribution in [2.75, 3.05) is 20.3 Å². The molecule has 0 spiro atoms. The molecule has 0 aromatic heterocycles. The highest BCUT2D eigenvalue weighted by molar-refractivity contribution is 4.94. The summed E-state index contributed by atoms with van der Waals surface area (Å²) >= 11 is 0. The third kappa shape index (κ3) is 5.88. The SMILES string of the molecule is CCCCCCCCO[C@@H]1CCC(C)(C)[C@H](OC)[C@@H]1CO. The van der Waals surface area contributed by atoms with E-state index in [1.54, 1.807) is 7.11 Å². The minimum absolute atomic E-state index is 0.0887. The highest BCUT2D eigenvalue weighted by Crippen LogP contribution is 2.41. The summed E-state index contributed by atoms with van der Waals surface area (Å²) in [4.78, 5) is 0. The summed E-state index contributed by atoms with van der Waals surface area (Å²) in [5.41, 5.74) is 0.127. The fourth-order valence-corrected chi connectivity index (χ4v) is 3.68. The van der Waals surface area contributed by atoms with Crippen molar-refractivity contribution in [1.29, 1.82) is 0 Å². The molecule has 3 atom stereocenters. The van der Waals surface area contributed by atoms with E-state index in [4.69, 9.17) is 9.47 Å². The topological polar surface area (TPSA) is 38.7 Å². The van der Waals surface area contributed by atoms with Gasteiger partial charge in [-0.2, -0.15) is 0 Å². The van der Waals surface area contributed by atoms with Gasteiger partial charge in [-0.25, -0.2) is 0 Å². The highest BCUT2D eigenvalue weighted by Gasteiger charge is 2.44. The van der Waals surface area contributed by atoms with Crippen molar-refractivity contribution >= 4 is 0 Å². The van der Waals surface area contributed by atoms with Crippen molar-refractivity contribution in [2.45, 2.75) is 84.3 Å². The molecular weight excluding hydrogens is 264 g/mol. The quantitative estimate of drug-likeness (QED) is 0.615. The number of aliphatic hydroxyl groups excluding tert-OH is 1. The van der Waals surface area contributed by atoms with Crippen LogP contribution in [0.4, 0.5) is 0 Å². The maximum absolute atomic E-state index is 9.73. The lowest BCUT2D eigenvalue weighted by molar-refractivity contribution is -0.143. The van der Waals surface area contributed by atoms with E-state index in [0.29, 0.717) is 0 Å². The Bertz CT molecular complexity index is 265. The van der Waals surface area contributed by atoms with E-state index < -0.39 is 0 Å². The summed E-state index contributed by atoms with van der Waals surface area (Å²) in [7, 11) is 1.76. The normalized spacial score (nSPS) is 28.7. The van der Waals surface area contributed by atoms with E-state index >= 15 is 0 Å². The first kappa shape index (κ1) is 18.9. The van der Waals surface area contributed by atoms with E-state index in [1.165, 1.54) is 32.1 Å². The molecule has 1 rings (SSSR count). The molecule has 0 heterocycles. The number of methoxy groups -OCH3 is 1. The summed E-state index contributed by atoms with van der Waals surface area (Å²) in [5, 5.41) is 9.73. The lowest BCUT2D eigenvalue weighted by Gasteiger charge is -2.46. The van der Waals surface area contributed by atoms with Crippen LogP contribution in [0.5, 0.6) is 0 Å². The molecule has 126 valence electrons. The molecule has 0 radical (unpaired) electrons. The van der Waals surface area contributed by atoms with Crippen LogP contribution in [-0.2, 0) is 9.47 Å². The molecule has 0 aliphatic heterocycles. The van der Waals surface area contributed by atoms with Crippen LogP contribution in [0.2, 0.25) is 0 Å². The average Bonchev–Trinajstić information content (AvgIpc) is 2.46. The van der Waals surface area contributed by atoms with Gasteiger partial charge in [-0.3, -0.25) is 0 Å². The zero-order valence-electron chi connectivity index (χ0n) is 14.6. The maximum Gasteiger partial charge on any atom is 0.0697 e. The second-order valence-electron chi connectivity index (χ2n) is 7.21. The van der Waals surface area contributed by atoms with Gasteiger partial charge >= 0.3 is 0 Å². The van der Waals surface area contributed by atoms with Gasteiger partial charge in [-0.15, -0.1) is 0 Å². The molecule has 1 fully saturated rings. The molecule has 1 aliphatic rings. The summed E-state index contributed by atoms with van der Waals surface area (Å²) in [5.74, 6) is 0.110. The first-order valence-electron chi connectivity index (χ1n) is 8.82. The molecule has 1 aliphatic carbocycles. The molecule has 0 unspecified atom stereocenters. The predicted molar refractivity (Wildman–Crippen MR) is 87.5 cm³/mol. The standard InChI is InChI=1S/C18H36O3/c1-5-6-7-8-9-10-13-21-16-11-12-18(2,3)17(20-4)15(16)14-19/h15-17,19H,5-14H2,1-4H3/t15-,16-,17-/m1/s1. The first-order valence-corrected chi connectivity index (χ1v) is 8.82. The Morgan fingerprint density at radius 1 is 1.10 bits per heavy atom. The molecule has 1 N–H and O–H groups in total. The van der Waals surface area contributed by atoms with Crippen molar-refractivity contribution in [2.24, 2.45) is 11.3 Å². The van der Waals surface area contributed by atoms with Gasteiger partial charge in [-0.05, 0) is 24.7 Å². The Kier molecular flexibility index (Phi) is 8.84. The Labute approximate surface area is 131 Å². The third-order valence-corrected chi connectivity index (χ3v) is 5.00. The van der Waals surface area contributed by atoms with Gasteiger partial charge in [0.05, 0.1) is 18.8 Å². The average molecular weight is 300 g/mol. The maximum atomic E-state index is 9.73. The number of rotatable bonds is 10. The van der Waals surface area contributed by atoms with Crippen molar-refractivity contribution in [3.63, 3.8) is 0 Å². The number of aliphatic hydroxyl groups is 1. The monoisotopic (exact) mass is 300 g/mol. The summed E-state index contributed by atoms with van der Waals surface area (Å²) < 4.78 is 11.8. The van der Waals surface area contributed by atoms with Crippen LogP contribution >= 0.6 is 0 Å². The Hall–Kier alpha value is -0.120. The molecule has 3 nitrogen and oxygen atoms in total. The Morgan fingerprint density at radius 2 is 1.76 bits per heavy atom. The number of hydrogen-bond donors (Lipinski definition) is 1. The zero-order valence-corrected chi connectivity index (χ0v) is 14.6. The van der Waals surface area contributed by atoms with Crippen LogP contribution < -0.4 is 0 Å². The molecule has 0 amide bonds. The summed E-state index contributed by atoms with van der Waals surface area (Å²) in [6, 6.07) is 0. The lowest BCUT2D eigenvalue weighted by atomic mass is 9.68. The molecule has 3 heteroatoms. The molecule has 0 saturated heterocycles. The van der Waals surface area contributed by atoms with Gasteiger partial charge in [0.15, 0.2) is 0 Å². The molecule has 21 heavy (non-hydrogen) atoms. The van der Waals surface area contributed by atoms with E-state index in [-0.39, 0.29) is 30.1 Å². The van der Waals surface area contributed by atoms with Crippen LogP contribution in [0.1, 0.15) is 72.1 Å². The minimum atomic E-state index is 0.0887. The largest absolute Gasteiger partial charge is 0.396 e. The van der Waals surface area contributed by atoms with Crippen molar-refractivity contribution < 1.29 is 14.6 Å². The highest BCUT2D eigenvalue weighted by atomic mass is 16.5. The Morgan fingerprint density at radius 3 is 2.38 bits per heavy atom. The van der Waals surface area contributed by atoms with E-state index in [9.17, 15) is 5.11 Å². The lowest BCUT2D eigenvalue weighted by Crippen LogP contribution is -2.50. The molecular formula is C18H36O3. The van der Waals surface area contributed by atoms with Crippen LogP contribution in [0.25, 0.3) is 0 Å². The fraction of sp³-hybridized carbons (Fsp3) is 1.00. The Balaban J connectivity index is 2.30. The third-order valence-electron chi connectivity index (χ3n) is 5.00. The smallest absolute Gasteiger partial charge is 0.0697 e. The van der Waals surface area contributed by atoms with Crippen molar-refractivity contribution in [1.82, 2.24) is 0 Å². The number of unbranched alkanes of at least 4 members (excludes halogenated alkanes) is 5. The predicted octanol–water partition coefficient (Wildman–Crippen LogP) is 4.18. The van der Waals surface area contributed by atoms with Crippen molar-refractivity contribution in [3.8, 4) is 0 Å². The van der Waals surface area contributed by atoms with Crippen LogP contribution in [-0.4, -0.2) is 37.6 Å². The number of ether oxygens (including phenoxy) is 2. The van der Waals surface area contributed by atoms with Gasteiger partial charge in [0.1, 0.15) is 0 Å².